The third-order valence-electron chi connectivity index (χ3n) is 2.02. The van der Waals surface area contributed by atoms with Crippen LogP contribution in [0.2, 0.25) is 5.02 Å². The summed E-state index contributed by atoms with van der Waals surface area (Å²) in [4.78, 5) is 13.6. The number of amides is 1. The number of nitrogens with one attached hydrogen (secondary N) is 1. The molecule has 0 atom stereocenters. The molecule has 0 aliphatic heterocycles. The maximum atomic E-state index is 12.7. The summed E-state index contributed by atoms with van der Waals surface area (Å²) in [7, 11) is 3.83. The third kappa shape index (κ3) is 3.79. The molecule has 0 aromatic heterocycles. The first kappa shape index (κ1) is 12.9. The van der Waals surface area contributed by atoms with Crippen molar-refractivity contribution in [2.75, 3.05) is 27.2 Å². The molecular weight excluding hydrogens is 231 g/mol. The molecule has 0 spiro atoms. The van der Waals surface area contributed by atoms with Gasteiger partial charge in [-0.3, -0.25) is 4.79 Å². The summed E-state index contributed by atoms with van der Waals surface area (Å²) in [5.41, 5.74) is 0.293. The lowest BCUT2D eigenvalue weighted by molar-refractivity contribution is 0.0951. The maximum Gasteiger partial charge on any atom is 0.252 e. The van der Waals surface area contributed by atoms with Crippen LogP contribution in [0.15, 0.2) is 18.2 Å². The highest BCUT2D eigenvalue weighted by molar-refractivity contribution is 6.33. The average molecular weight is 245 g/mol. The van der Waals surface area contributed by atoms with Gasteiger partial charge in [0.1, 0.15) is 5.82 Å². The van der Waals surface area contributed by atoms with Crippen molar-refractivity contribution in [2.24, 2.45) is 0 Å². The molecule has 1 amide bonds. The van der Waals surface area contributed by atoms with Gasteiger partial charge in [0, 0.05) is 13.1 Å². The van der Waals surface area contributed by atoms with E-state index >= 15 is 0 Å². The first-order chi connectivity index (χ1) is 7.50. The monoisotopic (exact) mass is 244 g/mol. The van der Waals surface area contributed by atoms with E-state index in [0.717, 1.165) is 12.6 Å². The van der Waals surface area contributed by atoms with Crippen LogP contribution in [0.5, 0.6) is 0 Å². The van der Waals surface area contributed by atoms with Crippen LogP contribution in [0.25, 0.3) is 0 Å². The van der Waals surface area contributed by atoms with Crippen molar-refractivity contribution in [2.45, 2.75) is 0 Å². The Morgan fingerprint density at radius 1 is 1.50 bits per heavy atom. The predicted octanol–water partition coefficient (Wildman–Crippen LogP) is 1.77. The van der Waals surface area contributed by atoms with Gasteiger partial charge in [0.15, 0.2) is 0 Å². The standard InChI is InChI=1S/C11H14ClFN2O/c1-15(2)6-5-14-11(16)9-4-3-8(13)7-10(9)12/h3-4,7H,5-6H2,1-2H3,(H,14,16). The van der Waals surface area contributed by atoms with E-state index in [-0.39, 0.29) is 10.9 Å². The number of hydrogen-bond donors (Lipinski definition) is 1. The third-order valence-corrected chi connectivity index (χ3v) is 2.33. The van der Waals surface area contributed by atoms with Crippen LogP contribution >= 0.6 is 11.6 Å². The Hall–Kier alpha value is -1.13. The minimum absolute atomic E-state index is 0.127. The molecule has 3 nitrogen and oxygen atoms in total. The summed E-state index contributed by atoms with van der Waals surface area (Å²) in [6.45, 7) is 1.27. The number of hydrogen-bond acceptors (Lipinski definition) is 2. The van der Waals surface area contributed by atoms with E-state index in [1.54, 1.807) is 0 Å². The average Bonchev–Trinajstić information content (AvgIpc) is 2.16. The van der Waals surface area contributed by atoms with Crippen molar-refractivity contribution < 1.29 is 9.18 Å². The number of halogens is 2. The molecule has 0 radical (unpaired) electrons. The molecule has 5 heteroatoms. The van der Waals surface area contributed by atoms with Gasteiger partial charge in [-0.05, 0) is 32.3 Å². The smallest absolute Gasteiger partial charge is 0.252 e. The van der Waals surface area contributed by atoms with E-state index in [1.807, 2.05) is 19.0 Å². The molecule has 1 aromatic rings. The molecule has 0 fully saturated rings. The SMILES string of the molecule is CN(C)CCNC(=O)c1ccc(F)cc1Cl. The minimum Gasteiger partial charge on any atom is -0.351 e. The number of carbonyl (C=O) groups is 1. The predicted molar refractivity (Wildman–Crippen MR) is 62.3 cm³/mol. The van der Waals surface area contributed by atoms with Gasteiger partial charge < -0.3 is 10.2 Å². The van der Waals surface area contributed by atoms with E-state index in [1.165, 1.54) is 12.1 Å². The molecule has 88 valence electrons. The first-order valence-electron chi connectivity index (χ1n) is 4.88. The van der Waals surface area contributed by atoms with Crippen molar-refractivity contribution in [3.8, 4) is 0 Å². The highest BCUT2D eigenvalue weighted by Crippen LogP contribution is 2.16. The zero-order valence-corrected chi connectivity index (χ0v) is 10.0. The molecule has 0 aliphatic rings. The number of rotatable bonds is 4. The van der Waals surface area contributed by atoms with Gasteiger partial charge in [0.2, 0.25) is 0 Å². The summed E-state index contributed by atoms with van der Waals surface area (Å²) in [5, 5.41) is 2.83. The van der Waals surface area contributed by atoms with Crippen molar-refractivity contribution in [1.82, 2.24) is 10.2 Å². The molecule has 1 rings (SSSR count). The van der Waals surface area contributed by atoms with Gasteiger partial charge in [0.25, 0.3) is 5.91 Å². The van der Waals surface area contributed by atoms with E-state index in [4.69, 9.17) is 11.6 Å². The topological polar surface area (TPSA) is 32.3 Å². The van der Waals surface area contributed by atoms with Gasteiger partial charge in [-0.2, -0.15) is 0 Å². The van der Waals surface area contributed by atoms with E-state index in [9.17, 15) is 9.18 Å². The quantitative estimate of drug-likeness (QED) is 0.876. The molecule has 0 aliphatic carbocycles. The molecule has 1 N–H and O–H groups in total. The fourth-order valence-electron chi connectivity index (χ4n) is 1.16. The summed E-state index contributed by atoms with van der Waals surface area (Å²) < 4.78 is 12.7. The van der Waals surface area contributed by atoms with E-state index in [0.29, 0.717) is 12.1 Å². The largest absolute Gasteiger partial charge is 0.351 e. The minimum atomic E-state index is -0.449. The molecule has 0 unspecified atom stereocenters. The molecular formula is C11H14ClFN2O. The van der Waals surface area contributed by atoms with Crippen LogP contribution in [0.4, 0.5) is 4.39 Å². The fourth-order valence-corrected chi connectivity index (χ4v) is 1.41. The second-order valence-corrected chi connectivity index (χ2v) is 4.09. The van der Waals surface area contributed by atoms with Crippen LogP contribution in [-0.4, -0.2) is 38.0 Å². The van der Waals surface area contributed by atoms with Gasteiger partial charge >= 0.3 is 0 Å². The normalized spacial score (nSPS) is 10.6. The first-order valence-corrected chi connectivity index (χ1v) is 5.26. The molecule has 0 bridgehead atoms. The zero-order chi connectivity index (χ0) is 12.1. The molecule has 0 heterocycles. The fraction of sp³-hybridized carbons (Fsp3) is 0.364. The summed E-state index contributed by atoms with van der Waals surface area (Å²) in [6, 6.07) is 3.72. The van der Waals surface area contributed by atoms with Crippen LogP contribution in [0.1, 0.15) is 10.4 Å². The van der Waals surface area contributed by atoms with Gasteiger partial charge in [-0.1, -0.05) is 11.6 Å². The van der Waals surface area contributed by atoms with Crippen LogP contribution in [0, 0.1) is 5.82 Å². The molecule has 1 aromatic carbocycles. The van der Waals surface area contributed by atoms with Crippen LogP contribution in [0.3, 0.4) is 0 Å². The van der Waals surface area contributed by atoms with Crippen LogP contribution in [-0.2, 0) is 0 Å². The highest BCUT2D eigenvalue weighted by atomic mass is 35.5. The molecule has 16 heavy (non-hydrogen) atoms. The van der Waals surface area contributed by atoms with Crippen molar-refractivity contribution in [3.63, 3.8) is 0 Å². The Bertz CT molecular complexity index is 382. The van der Waals surface area contributed by atoms with E-state index < -0.39 is 5.82 Å². The number of benzene rings is 1. The number of nitrogens with zero attached hydrogens (tertiary/aromatic N) is 1. The summed E-state index contributed by atoms with van der Waals surface area (Å²) >= 11 is 5.75. The van der Waals surface area contributed by atoms with Crippen molar-refractivity contribution in [3.05, 3.63) is 34.6 Å². The van der Waals surface area contributed by atoms with Gasteiger partial charge in [-0.25, -0.2) is 4.39 Å². The van der Waals surface area contributed by atoms with Crippen LogP contribution < -0.4 is 5.32 Å². The second kappa shape index (κ2) is 5.82. The Morgan fingerprint density at radius 3 is 2.75 bits per heavy atom. The lowest BCUT2D eigenvalue weighted by Gasteiger charge is -2.10. The van der Waals surface area contributed by atoms with Crippen molar-refractivity contribution >= 4 is 17.5 Å². The number of carbonyl (C=O) groups excluding carboxylic acids is 1. The number of likely N-dealkylation sites (N-methyl/N-ethyl adjacent to an activating group) is 1. The second-order valence-electron chi connectivity index (χ2n) is 3.68. The highest BCUT2D eigenvalue weighted by Gasteiger charge is 2.10. The Balaban J connectivity index is 2.59. The van der Waals surface area contributed by atoms with E-state index in [2.05, 4.69) is 5.32 Å². The zero-order valence-electron chi connectivity index (χ0n) is 9.26. The van der Waals surface area contributed by atoms with Gasteiger partial charge in [-0.15, -0.1) is 0 Å². The summed E-state index contributed by atoms with van der Waals surface area (Å²) in [6.07, 6.45) is 0. The Morgan fingerprint density at radius 2 is 2.19 bits per heavy atom. The molecule has 0 saturated carbocycles. The lowest BCUT2D eigenvalue weighted by atomic mass is 10.2. The Labute approximate surface area is 99.2 Å². The summed E-state index contributed by atoms with van der Waals surface area (Å²) in [5.74, 6) is -0.735. The van der Waals surface area contributed by atoms with Gasteiger partial charge in [0.05, 0.1) is 10.6 Å². The van der Waals surface area contributed by atoms with Crippen molar-refractivity contribution in [1.29, 1.82) is 0 Å². The Kier molecular flexibility index (Phi) is 4.71. The lowest BCUT2D eigenvalue weighted by Crippen LogP contribution is -2.31. The molecule has 0 saturated heterocycles. The maximum absolute atomic E-state index is 12.7.